The fourth-order valence-corrected chi connectivity index (χ4v) is 2.77. The lowest BCUT2D eigenvalue weighted by Gasteiger charge is -2.10. The third-order valence-corrected chi connectivity index (χ3v) is 3.98. The molecule has 1 aromatic carbocycles. The normalized spacial score (nSPS) is 11.7. The third-order valence-electron chi connectivity index (χ3n) is 2.97. The second-order valence-corrected chi connectivity index (χ2v) is 5.56. The summed E-state index contributed by atoms with van der Waals surface area (Å²) in [5, 5.41) is 2.99. The lowest BCUT2D eigenvalue weighted by Crippen LogP contribution is -2.39. The zero-order valence-corrected chi connectivity index (χ0v) is 12.6. The van der Waals surface area contributed by atoms with Crippen LogP contribution in [0.15, 0.2) is 36.4 Å². The number of carbonyl (C=O) groups is 2. The average Bonchev–Trinajstić information content (AvgIpc) is 2.89. The molecular weight excluding hydrogens is 288 g/mol. The minimum absolute atomic E-state index is 0.370. The molecule has 0 saturated heterocycles. The molecule has 6 heteroatoms. The van der Waals surface area contributed by atoms with Gasteiger partial charge in [0.25, 0.3) is 5.91 Å². The number of ether oxygens (including phenoxy) is 1. The fourth-order valence-electron chi connectivity index (χ4n) is 1.84. The summed E-state index contributed by atoms with van der Waals surface area (Å²) in [4.78, 5) is 24.4. The van der Waals surface area contributed by atoms with E-state index in [0.717, 1.165) is 10.4 Å². The Labute approximate surface area is 126 Å². The van der Waals surface area contributed by atoms with Gasteiger partial charge in [-0.25, -0.2) is 4.79 Å². The first kappa shape index (κ1) is 15.1. The van der Waals surface area contributed by atoms with Crippen LogP contribution in [-0.4, -0.2) is 25.0 Å². The van der Waals surface area contributed by atoms with Gasteiger partial charge in [-0.15, -0.1) is 11.3 Å². The standard InChI is InChI=1S/C15H16N2O3S/c1-9(15(19)20-2)17-14(18)11-8-12(21-13(11)16)10-6-4-3-5-7-10/h3-9H,16H2,1-2H3,(H,17,18)/t9-/m1/s1. The lowest BCUT2D eigenvalue weighted by atomic mass is 10.1. The zero-order chi connectivity index (χ0) is 15.4. The SMILES string of the molecule is COC(=O)[C@@H](C)NC(=O)c1cc(-c2ccccc2)sc1N. The van der Waals surface area contributed by atoms with Crippen LogP contribution in [0.25, 0.3) is 10.4 Å². The molecular formula is C15H16N2O3S. The number of thiophene rings is 1. The number of nitrogens with one attached hydrogen (secondary N) is 1. The summed E-state index contributed by atoms with van der Waals surface area (Å²) in [6.45, 7) is 1.56. The summed E-state index contributed by atoms with van der Waals surface area (Å²) in [6.07, 6.45) is 0. The first-order valence-electron chi connectivity index (χ1n) is 6.36. The number of anilines is 1. The van der Waals surface area contributed by atoms with Crippen LogP contribution < -0.4 is 11.1 Å². The summed E-state index contributed by atoms with van der Waals surface area (Å²) in [7, 11) is 1.28. The molecule has 0 aliphatic heterocycles. The van der Waals surface area contributed by atoms with E-state index in [1.165, 1.54) is 18.4 Å². The number of hydrogen-bond acceptors (Lipinski definition) is 5. The van der Waals surface area contributed by atoms with Crippen LogP contribution in [0.1, 0.15) is 17.3 Å². The number of hydrogen-bond donors (Lipinski definition) is 2. The van der Waals surface area contributed by atoms with Crippen molar-refractivity contribution < 1.29 is 14.3 Å². The molecule has 0 aliphatic carbocycles. The Morgan fingerprint density at radius 2 is 1.95 bits per heavy atom. The van der Waals surface area contributed by atoms with E-state index in [-0.39, 0.29) is 5.91 Å². The second-order valence-electron chi connectivity index (χ2n) is 4.47. The van der Waals surface area contributed by atoms with Gasteiger partial charge in [0, 0.05) is 4.88 Å². The fraction of sp³-hybridized carbons (Fsp3) is 0.200. The van der Waals surface area contributed by atoms with E-state index in [2.05, 4.69) is 10.1 Å². The molecule has 0 saturated carbocycles. The molecule has 2 rings (SSSR count). The molecule has 110 valence electrons. The Hall–Kier alpha value is -2.34. The van der Waals surface area contributed by atoms with Crippen LogP contribution in [0, 0.1) is 0 Å². The minimum Gasteiger partial charge on any atom is -0.467 e. The minimum atomic E-state index is -0.720. The van der Waals surface area contributed by atoms with Crippen molar-refractivity contribution in [2.75, 3.05) is 12.8 Å². The summed E-state index contributed by atoms with van der Waals surface area (Å²) in [6, 6.07) is 10.7. The van der Waals surface area contributed by atoms with Gasteiger partial charge in [-0.05, 0) is 18.6 Å². The Kier molecular flexibility index (Phi) is 4.59. The van der Waals surface area contributed by atoms with Gasteiger partial charge >= 0.3 is 5.97 Å². The topological polar surface area (TPSA) is 81.4 Å². The van der Waals surface area contributed by atoms with E-state index in [1.54, 1.807) is 13.0 Å². The Morgan fingerprint density at radius 3 is 2.57 bits per heavy atom. The number of benzene rings is 1. The van der Waals surface area contributed by atoms with Crippen molar-refractivity contribution in [3.8, 4) is 10.4 Å². The monoisotopic (exact) mass is 304 g/mol. The number of esters is 1. The molecule has 1 amide bonds. The first-order chi connectivity index (χ1) is 10.0. The Bertz CT molecular complexity index is 652. The molecule has 0 fully saturated rings. The van der Waals surface area contributed by atoms with Crippen molar-refractivity contribution >= 4 is 28.2 Å². The molecule has 5 nitrogen and oxygen atoms in total. The highest BCUT2D eigenvalue weighted by molar-refractivity contribution is 7.19. The molecule has 0 radical (unpaired) electrons. The molecule has 0 aliphatic rings. The van der Waals surface area contributed by atoms with Crippen molar-refractivity contribution in [2.24, 2.45) is 0 Å². The number of rotatable bonds is 4. The smallest absolute Gasteiger partial charge is 0.328 e. The van der Waals surface area contributed by atoms with Crippen LogP contribution in [0.5, 0.6) is 0 Å². The molecule has 1 atom stereocenters. The van der Waals surface area contributed by atoms with E-state index in [0.29, 0.717) is 10.6 Å². The second kappa shape index (κ2) is 6.41. The number of carbonyl (C=O) groups excluding carboxylic acids is 2. The van der Waals surface area contributed by atoms with Crippen LogP contribution in [-0.2, 0) is 9.53 Å². The molecule has 21 heavy (non-hydrogen) atoms. The third kappa shape index (κ3) is 3.41. The van der Waals surface area contributed by atoms with Crippen molar-refractivity contribution in [1.29, 1.82) is 0 Å². The Balaban J connectivity index is 2.19. The largest absolute Gasteiger partial charge is 0.467 e. The summed E-state index contributed by atoms with van der Waals surface area (Å²) in [5.74, 6) is -0.885. The maximum atomic E-state index is 12.1. The molecule has 0 bridgehead atoms. The van der Waals surface area contributed by atoms with Gasteiger partial charge in [0.1, 0.15) is 6.04 Å². The van der Waals surface area contributed by atoms with E-state index >= 15 is 0 Å². The summed E-state index contributed by atoms with van der Waals surface area (Å²) in [5.41, 5.74) is 7.27. The van der Waals surface area contributed by atoms with Crippen LogP contribution >= 0.6 is 11.3 Å². The van der Waals surface area contributed by atoms with Gasteiger partial charge in [-0.3, -0.25) is 4.79 Å². The van der Waals surface area contributed by atoms with Gasteiger partial charge in [-0.1, -0.05) is 30.3 Å². The maximum Gasteiger partial charge on any atom is 0.328 e. The Morgan fingerprint density at radius 1 is 1.29 bits per heavy atom. The highest BCUT2D eigenvalue weighted by Crippen LogP contribution is 2.33. The van der Waals surface area contributed by atoms with E-state index in [9.17, 15) is 9.59 Å². The van der Waals surface area contributed by atoms with Crippen LogP contribution in [0.4, 0.5) is 5.00 Å². The maximum absolute atomic E-state index is 12.1. The number of nitrogen functional groups attached to an aromatic ring is 1. The predicted molar refractivity (Wildman–Crippen MR) is 83.1 cm³/mol. The van der Waals surface area contributed by atoms with Gasteiger partial charge in [-0.2, -0.15) is 0 Å². The van der Waals surface area contributed by atoms with Crippen molar-refractivity contribution in [1.82, 2.24) is 5.32 Å². The van der Waals surface area contributed by atoms with Crippen molar-refractivity contribution in [3.63, 3.8) is 0 Å². The first-order valence-corrected chi connectivity index (χ1v) is 7.18. The summed E-state index contributed by atoms with van der Waals surface area (Å²) >= 11 is 1.34. The van der Waals surface area contributed by atoms with Gasteiger partial charge in [0.15, 0.2) is 0 Å². The summed E-state index contributed by atoms with van der Waals surface area (Å²) < 4.78 is 4.57. The number of amides is 1. The van der Waals surface area contributed by atoms with Gasteiger partial charge < -0.3 is 15.8 Å². The quantitative estimate of drug-likeness (QED) is 0.849. The molecule has 0 spiro atoms. The zero-order valence-electron chi connectivity index (χ0n) is 11.8. The number of methoxy groups -OCH3 is 1. The highest BCUT2D eigenvalue weighted by atomic mass is 32.1. The van der Waals surface area contributed by atoms with Crippen LogP contribution in [0.2, 0.25) is 0 Å². The van der Waals surface area contributed by atoms with E-state index in [1.807, 2.05) is 30.3 Å². The van der Waals surface area contributed by atoms with Gasteiger partial charge in [0.05, 0.1) is 17.7 Å². The van der Waals surface area contributed by atoms with Crippen molar-refractivity contribution in [3.05, 3.63) is 42.0 Å². The lowest BCUT2D eigenvalue weighted by molar-refractivity contribution is -0.142. The average molecular weight is 304 g/mol. The highest BCUT2D eigenvalue weighted by Gasteiger charge is 2.20. The molecule has 3 N–H and O–H groups in total. The van der Waals surface area contributed by atoms with Crippen LogP contribution in [0.3, 0.4) is 0 Å². The molecule has 1 aromatic heterocycles. The molecule has 1 heterocycles. The molecule has 2 aromatic rings. The van der Waals surface area contributed by atoms with E-state index < -0.39 is 12.0 Å². The molecule has 0 unspecified atom stereocenters. The van der Waals surface area contributed by atoms with Crippen molar-refractivity contribution in [2.45, 2.75) is 13.0 Å². The predicted octanol–water partition coefficient (Wildman–Crippen LogP) is 2.29. The van der Waals surface area contributed by atoms with Gasteiger partial charge in [0.2, 0.25) is 0 Å². The van der Waals surface area contributed by atoms with E-state index in [4.69, 9.17) is 5.73 Å². The number of nitrogens with two attached hydrogens (primary N) is 1.